The number of aryl methyl sites for hydroxylation is 2. The fraction of sp³-hybridized carbons (Fsp3) is 0.471. The van der Waals surface area contributed by atoms with Crippen LogP contribution in [-0.2, 0) is 11.8 Å². The number of carbonyl (C=O) groups is 1. The van der Waals surface area contributed by atoms with Gasteiger partial charge in [-0.3, -0.25) is 4.79 Å². The first-order valence-corrected chi connectivity index (χ1v) is 7.62. The van der Waals surface area contributed by atoms with Crippen LogP contribution >= 0.6 is 0 Å². The highest BCUT2D eigenvalue weighted by atomic mass is 16.5. The van der Waals surface area contributed by atoms with Crippen LogP contribution in [0.4, 0.5) is 0 Å². The summed E-state index contributed by atoms with van der Waals surface area (Å²) in [6.45, 7) is 3.94. The Morgan fingerprint density at radius 1 is 1.24 bits per heavy atom. The van der Waals surface area contributed by atoms with Gasteiger partial charge in [0.05, 0.1) is 5.52 Å². The van der Waals surface area contributed by atoms with Crippen LogP contribution in [0.1, 0.15) is 25.0 Å². The number of benzene rings is 1. The molecule has 2 heterocycles. The van der Waals surface area contributed by atoms with Crippen molar-refractivity contribution in [2.45, 2.75) is 26.2 Å². The molecule has 0 spiro atoms. The SMILES string of the molecule is Cc1cc2cccc(OCC(=O)N3CCCCC3)c2n1C. The minimum atomic E-state index is 0.0950. The number of hydrogen-bond acceptors (Lipinski definition) is 2. The third-order valence-corrected chi connectivity index (χ3v) is 4.32. The van der Waals surface area contributed by atoms with Gasteiger partial charge in [-0.2, -0.15) is 0 Å². The zero-order chi connectivity index (χ0) is 14.8. The van der Waals surface area contributed by atoms with Gasteiger partial charge >= 0.3 is 0 Å². The van der Waals surface area contributed by atoms with E-state index in [1.165, 1.54) is 12.1 Å². The molecule has 2 aromatic rings. The van der Waals surface area contributed by atoms with Gasteiger partial charge in [-0.05, 0) is 38.3 Å². The number of aromatic nitrogens is 1. The molecule has 0 aliphatic carbocycles. The number of hydrogen-bond donors (Lipinski definition) is 0. The van der Waals surface area contributed by atoms with Crippen molar-refractivity contribution in [1.29, 1.82) is 0 Å². The molecule has 0 saturated carbocycles. The normalized spacial score (nSPS) is 15.4. The number of nitrogens with zero attached hydrogens (tertiary/aromatic N) is 2. The molecule has 1 aromatic carbocycles. The maximum Gasteiger partial charge on any atom is 0.260 e. The molecule has 1 fully saturated rings. The van der Waals surface area contributed by atoms with E-state index in [0.29, 0.717) is 0 Å². The second-order valence-electron chi connectivity index (χ2n) is 5.77. The van der Waals surface area contributed by atoms with Crippen molar-refractivity contribution in [2.75, 3.05) is 19.7 Å². The smallest absolute Gasteiger partial charge is 0.260 e. The topological polar surface area (TPSA) is 34.5 Å². The molecular weight excluding hydrogens is 264 g/mol. The summed E-state index contributed by atoms with van der Waals surface area (Å²) in [6.07, 6.45) is 3.45. The van der Waals surface area contributed by atoms with E-state index in [9.17, 15) is 4.79 Å². The van der Waals surface area contributed by atoms with E-state index in [1.54, 1.807) is 0 Å². The maximum atomic E-state index is 12.2. The second kappa shape index (κ2) is 5.80. The Hall–Kier alpha value is -1.97. The molecule has 1 aliphatic rings. The Morgan fingerprint density at radius 3 is 2.76 bits per heavy atom. The summed E-state index contributed by atoms with van der Waals surface area (Å²) in [4.78, 5) is 14.1. The van der Waals surface area contributed by atoms with Gasteiger partial charge in [-0.1, -0.05) is 12.1 Å². The lowest BCUT2D eigenvalue weighted by Crippen LogP contribution is -2.38. The monoisotopic (exact) mass is 286 g/mol. The minimum Gasteiger partial charge on any atom is -0.482 e. The largest absolute Gasteiger partial charge is 0.482 e. The Labute approximate surface area is 125 Å². The van der Waals surface area contributed by atoms with E-state index >= 15 is 0 Å². The molecule has 0 N–H and O–H groups in total. The summed E-state index contributed by atoms with van der Waals surface area (Å²) < 4.78 is 7.92. The number of amides is 1. The van der Waals surface area contributed by atoms with E-state index in [2.05, 4.69) is 23.6 Å². The van der Waals surface area contributed by atoms with Crippen molar-refractivity contribution in [3.05, 3.63) is 30.0 Å². The molecule has 0 unspecified atom stereocenters. The van der Waals surface area contributed by atoms with E-state index in [4.69, 9.17) is 4.74 Å². The van der Waals surface area contributed by atoms with E-state index in [0.717, 1.165) is 42.6 Å². The van der Waals surface area contributed by atoms with Crippen LogP contribution in [0.2, 0.25) is 0 Å². The van der Waals surface area contributed by atoms with E-state index in [1.807, 2.05) is 24.1 Å². The number of likely N-dealkylation sites (tertiary alicyclic amines) is 1. The van der Waals surface area contributed by atoms with Crippen molar-refractivity contribution in [3.63, 3.8) is 0 Å². The standard InChI is InChI=1S/C17H22N2O2/c1-13-11-14-7-6-8-15(17(14)18(13)2)21-12-16(20)19-9-4-3-5-10-19/h6-8,11H,3-5,9-10,12H2,1-2H3. The molecule has 0 bridgehead atoms. The van der Waals surface area contributed by atoms with Gasteiger partial charge in [-0.15, -0.1) is 0 Å². The molecule has 1 amide bonds. The summed E-state index contributed by atoms with van der Waals surface area (Å²) in [5.74, 6) is 0.881. The highest BCUT2D eigenvalue weighted by Gasteiger charge is 2.17. The zero-order valence-electron chi connectivity index (χ0n) is 12.8. The lowest BCUT2D eigenvalue weighted by atomic mass is 10.1. The predicted molar refractivity (Wildman–Crippen MR) is 83.6 cm³/mol. The van der Waals surface area contributed by atoms with Gasteiger partial charge < -0.3 is 14.2 Å². The van der Waals surface area contributed by atoms with Gasteiger partial charge in [0.2, 0.25) is 0 Å². The summed E-state index contributed by atoms with van der Waals surface area (Å²) in [5, 5.41) is 1.15. The number of rotatable bonds is 3. The van der Waals surface area contributed by atoms with Crippen LogP contribution < -0.4 is 4.74 Å². The molecular formula is C17H22N2O2. The molecule has 1 saturated heterocycles. The van der Waals surface area contributed by atoms with Crippen LogP contribution in [0, 0.1) is 6.92 Å². The summed E-state index contributed by atoms with van der Waals surface area (Å²) in [7, 11) is 2.02. The summed E-state index contributed by atoms with van der Waals surface area (Å²) >= 11 is 0. The maximum absolute atomic E-state index is 12.2. The predicted octanol–water partition coefficient (Wildman–Crippen LogP) is 2.88. The average molecular weight is 286 g/mol. The van der Waals surface area contributed by atoms with Gasteiger partial charge in [-0.25, -0.2) is 0 Å². The molecule has 3 rings (SSSR count). The number of fused-ring (bicyclic) bond motifs is 1. The number of carbonyl (C=O) groups excluding carboxylic acids is 1. The number of piperidine rings is 1. The number of ether oxygens (including phenoxy) is 1. The van der Waals surface area contributed by atoms with Crippen LogP contribution in [-0.4, -0.2) is 35.1 Å². The van der Waals surface area contributed by atoms with Crippen LogP contribution in [0.5, 0.6) is 5.75 Å². The van der Waals surface area contributed by atoms with Gasteiger partial charge in [0.1, 0.15) is 5.75 Å². The summed E-state index contributed by atoms with van der Waals surface area (Å²) in [5.41, 5.74) is 2.24. The Morgan fingerprint density at radius 2 is 2.00 bits per heavy atom. The fourth-order valence-electron chi connectivity index (χ4n) is 3.00. The lowest BCUT2D eigenvalue weighted by molar-refractivity contribution is -0.134. The molecule has 4 heteroatoms. The third-order valence-electron chi connectivity index (χ3n) is 4.32. The molecule has 112 valence electrons. The third kappa shape index (κ3) is 2.75. The Balaban J connectivity index is 1.74. The molecule has 21 heavy (non-hydrogen) atoms. The van der Waals surface area contributed by atoms with Gasteiger partial charge in [0.25, 0.3) is 5.91 Å². The highest BCUT2D eigenvalue weighted by molar-refractivity contribution is 5.87. The quantitative estimate of drug-likeness (QED) is 0.869. The fourth-order valence-corrected chi connectivity index (χ4v) is 3.00. The van der Waals surface area contributed by atoms with Gasteiger partial charge in [0, 0.05) is 31.2 Å². The van der Waals surface area contributed by atoms with Crippen LogP contribution in [0.3, 0.4) is 0 Å². The van der Waals surface area contributed by atoms with Crippen molar-refractivity contribution in [2.24, 2.45) is 7.05 Å². The first-order valence-electron chi connectivity index (χ1n) is 7.62. The minimum absolute atomic E-state index is 0.0950. The average Bonchev–Trinajstić information content (AvgIpc) is 2.81. The van der Waals surface area contributed by atoms with E-state index < -0.39 is 0 Å². The van der Waals surface area contributed by atoms with E-state index in [-0.39, 0.29) is 12.5 Å². The first-order chi connectivity index (χ1) is 10.2. The second-order valence-corrected chi connectivity index (χ2v) is 5.77. The molecule has 1 aliphatic heterocycles. The molecule has 1 aromatic heterocycles. The highest BCUT2D eigenvalue weighted by Crippen LogP contribution is 2.28. The van der Waals surface area contributed by atoms with Crippen LogP contribution in [0.25, 0.3) is 10.9 Å². The molecule has 4 nitrogen and oxygen atoms in total. The zero-order valence-corrected chi connectivity index (χ0v) is 12.8. The van der Waals surface area contributed by atoms with Gasteiger partial charge in [0.15, 0.2) is 6.61 Å². The van der Waals surface area contributed by atoms with Crippen molar-refractivity contribution >= 4 is 16.8 Å². The van der Waals surface area contributed by atoms with Crippen molar-refractivity contribution in [1.82, 2.24) is 9.47 Å². The van der Waals surface area contributed by atoms with Crippen molar-refractivity contribution in [3.8, 4) is 5.75 Å². The molecule has 0 atom stereocenters. The Kier molecular flexibility index (Phi) is 3.86. The molecule has 0 radical (unpaired) electrons. The Bertz CT molecular complexity index is 654. The number of para-hydroxylation sites is 1. The van der Waals surface area contributed by atoms with Crippen molar-refractivity contribution < 1.29 is 9.53 Å². The summed E-state index contributed by atoms with van der Waals surface area (Å²) in [6, 6.07) is 8.12. The first kappa shape index (κ1) is 14.0. The van der Waals surface area contributed by atoms with Crippen LogP contribution in [0.15, 0.2) is 24.3 Å². The lowest BCUT2D eigenvalue weighted by Gasteiger charge is -2.26.